The number of fused-ring (bicyclic) bond motifs is 1. The molecule has 206 valence electrons. The van der Waals surface area contributed by atoms with Gasteiger partial charge in [-0.15, -0.1) is 11.8 Å². The number of aromatic nitrogens is 2. The van der Waals surface area contributed by atoms with Crippen LogP contribution in [-0.4, -0.2) is 57.0 Å². The molecule has 2 aromatic heterocycles. The number of hydrogen-bond donors (Lipinski definition) is 2. The van der Waals surface area contributed by atoms with E-state index in [2.05, 4.69) is 4.98 Å². The van der Waals surface area contributed by atoms with Gasteiger partial charge in [0.25, 0.3) is 0 Å². The number of rotatable bonds is 10. The van der Waals surface area contributed by atoms with Gasteiger partial charge in [0, 0.05) is 17.6 Å². The van der Waals surface area contributed by atoms with Crippen molar-refractivity contribution < 1.29 is 37.1 Å². The van der Waals surface area contributed by atoms with Gasteiger partial charge < -0.3 is 24.5 Å². The van der Waals surface area contributed by atoms with E-state index in [1.165, 1.54) is 31.5 Å². The molecule has 0 aliphatic carbocycles. The SMILES string of the molecule is CC(C)OC(=O)[C@H](C)CP(=O)(OC[C@H]1S[C@@H](n2ccc(N)nc2=O)[C@@H](F)[C@@H]1O)Oc1ccc2ccoc2c1. The minimum Gasteiger partial charge on any atom is -0.464 e. The standard InChI is InChI=1S/C24H29FN3O8PS/c1-13(2)35-23(30)14(3)12-37(32,36-16-5-4-15-7-9-33-17(15)10-16)34-11-18-21(29)20(25)22(38-18)28-8-6-19(26)27-24(28)31/h4-10,13-14,18,20-22,29H,11-12H2,1-3H3,(H2,26,27,31)/t14-,18-,20+,21-,22-,37?/m1/s1. The minimum atomic E-state index is -4.05. The van der Waals surface area contributed by atoms with Gasteiger partial charge in [-0.2, -0.15) is 4.98 Å². The lowest BCUT2D eigenvalue weighted by Gasteiger charge is -2.24. The molecular formula is C24H29FN3O8PS. The Bertz CT molecular complexity index is 1400. The third-order valence-electron chi connectivity index (χ3n) is 5.78. The molecule has 14 heteroatoms. The lowest BCUT2D eigenvalue weighted by molar-refractivity contribution is -0.151. The number of benzene rings is 1. The van der Waals surface area contributed by atoms with Gasteiger partial charge >= 0.3 is 19.3 Å². The van der Waals surface area contributed by atoms with Crippen LogP contribution in [0.2, 0.25) is 0 Å². The number of aliphatic hydroxyl groups is 1. The number of furan rings is 1. The number of carbonyl (C=O) groups excluding carboxylic acids is 1. The van der Waals surface area contributed by atoms with Gasteiger partial charge in [0.15, 0.2) is 6.17 Å². The van der Waals surface area contributed by atoms with E-state index in [-0.39, 0.29) is 30.4 Å². The molecule has 0 spiro atoms. The number of aliphatic hydroxyl groups excluding tert-OH is 1. The van der Waals surface area contributed by atoms with E-state index in [9.17, 15) is 19.3 Å². The number of nitrogens with two attached hydrogens (primary N) is 1. The molecule has 1 fully saturated rings. The Morgan fingerprint density at radius 1 is 1.32 bits per heavy atom. The van der Waals surface area contributed by atoms with Crippen molar-refractivity contribution >= 4 is 42.1 Å². The number of carbonyl (C=O) groups is 1. The smallest absolute Gasteiger partial charge is 0.380 e. The summed E-state index contributed by atoms with van der Waals surface area (Å²) in [5, 5.41) is 9.34. The third kappa shape index (κ3) is 6.40. The molecule has 38 heavy (non-hydrogen) atoms. The molecule has 1 unspecified atom stereocenters. The van der Waals surface area contributed by atoms with E-state index in [4.69, 9.17) is 23.9 Å². The average molecular weight is 570 g/mol. The van der Waals surface area contributed by atoms with E-state index in [1.54, 1.807) is 32.0 Å². The molecule has 11 nitrogen and oxygen atoms in total. The second-order valence-corrected chi connectivity index (χ2v) is 12.6. The first kappa shape index (κ1) is 28.2. The maximum atomic E-state index is 15.0. The maximum Gasteiger partial charge on any atom is 0.380 e. The summed E-state index contributed by atoms with van der Waals surface area (Å²) in [5.74, 6) is -1.26. The van der Waals surface area contributed by atoms with Gasteiger partial charge in [-0.25, -0.2) is 13.8 Å². The maximum absolute atomic E-state index is 15.0. The quantitative estimate of drug-likeness (QED) is 0.271. The zero-order valence-corrected chi connectivity index (χ0v) is 22.6. The zero-order chi connectivity index (χ0) is 27.6. The predicted molar refractivity (Wildman–Crippen MR) is 140 cm³/mol. The molecule has 1 aliphatic heterocycles. The number of halogens is 1. The van der Waals surface area contributed by atoms with Crippen molar-refractivity contribution in [2.45, 2.75) is 49.8 Å². The fraction of sp³-hybridized carbons (Fsp3) is 0.458. The second-order valence-electron chi connectivity index (χ2n) is 9.23. The van der Waals surface area contributed by atoms with Gasteiger partial charge in [0.1, 0.15) is 28.6 Å². The Labute approximate surface area is 222 Å². The van der Waals surface area contributed by atoms with Crippen LogP contribution in [0.1, 0.15) is 26.1 Å². The van der Waals surface area contributed by atoms with Crippen LogP contribution in [0, 0.1) is 5.92 Å². The van der Waals surface area contributed by atoms with Crippen LogP contribution in [0.3, 0.4) is 0 Å². The van der Waals surface area contributed by atoms with E-state index in [0.29, 0.717) is 5.58 Å². The fourth-order valence-corrected chi connectivity index (χ4v) is 7.29. The van der Waals surface area contributed by atoms with Gasteiger partial charge in [-0.1, -0.05) is 6.92 Å². The Hall–Kier alpha value is -2.86. The monoisotopic (exact) mass is 569 g/mol. The highest BCUT2D eigenvalue weighted by molar-refractivity contribution is 8.00. The van der Waals surface area contributed by atoms with Gasteiger partial charge in [0.2, 0.25) is 0 Å². The van der Waals surface area contributed by atoms with E-state index < -0.39 is 48.1 Å². The number of ether oxygens (including phenoxy) is 1. The number of anilines is 1. The molecule has 3 heterocycles. The van der Waals surface area contributed by atoms with Crippen LogP contribution in [0.5, 0.6) is 5.75 Å². The van der Waals surface area contributed by atoms with Crippen LogP contribution < -0.4 is 15.9 Å². The highest BCUT2D eigenvalue weighted by atomic mass is 32.2. The normalized spacial score (nSPS) is 23.8. The van der Waals surface area contributed by atoms with Crippen LogP contribution in [0.25, 0.3) is 11.0 Å². The van der Waals surface area contributed by atoms with Crippen molar-refractivity contribution in [3.63, 3.8) is 0 Å². The minimum absolute atomic E-state index is 0.0129. The first-order valence-corrected chi connectivity index (χ1v) is 14.6. The Morgan fingerprint density at radius 3 is 2.79 bits per heavy atom. The number of nitrogen functional groups attached to an aromatic ring is 1. The van der Waals surface area contributed by atoms with Gasteiger partial charge in [-0.05, 0) is 38.1 Å². The molecular weight excluding hydrogens is 540 g/mol. The first-order chi connectivity index (χ1) is 18.0. The summed E-state index contributed by atoms with van der Waals surface area (Å²) >= 11 is 0.932. The lowest BCUT2D eigenvalue weighted by atomic mass is 10.1. The first-order valence-electron chi connectivity index (χ1n) is 11.9. The molecule has 0 radical (unpaired) electrons. The summed E-state index contributed by atoms with van der Waals surface area (Å²) in [6, 6.07) is 7.93. The third-order valence-corrected chi connectivity index (χ3v) is 9.34. The second kappa shape index (κ2) is 11.5. The number of nitrogens with zero attached hydrogens (tertiary/aromatic N) is 2. The zero-order valence-electron chi connectivity index (χ0n) is 20.9. The van der Waals surface area contributed by atoms with Crippen molar-refractivity contribution in [3.8, 4) is 5.75 Å². The van der Waals surface area contributed by atoms with E-state index >= 15 is 4.39 Å². The summed E-state index contributed by atoms with van der Waals surface area (Å²) < 4.78 is 52.0. The molecule has 1 saturated heterocycles. The summed E-state index contributed by atoms with van der Waals surface area (Å²) in [7, 11) is -4.05. The average Bonchev–Trinajstić information content (AvgIpc) is 3.42. The van der Waals surface area contributed by atoms with Crippen LogP contribution in [0.15, 0.2) is 52.0 Å². The number of esters is 1. The Balaban J connectivity index is 1.52. The fourth-order valence-electron chi connectivity index (χ4n) is 3.90. The lowest BCUT2D eigenvalue weighted by Crippen LogP contribution is -2.33. The molecule has 3 N–H and O–H groups in total. The van der Waals surface area contributed by atoms with Crippen molar-refractivity contribution in [3.05, 3.63) is 53.3 Å². The predicted octanol–water partition coefficient (Wildman–Crippen LogP) is 3.76. The summed E-state index contributed by atoms with van der Waals surface area (Å²) in [6.45, 7) is 4.54. The van der Waals surface area contributed by atoms with Crippen LogP contribution >= 0.6 is 19.4 Å². The molecule has 6 atom stereocenters. The number of alkyl halides is 1. The number of hydrogen-bond acceptors (Lipinski definition) is 11. The molecule has 4 rings (SSSR count). The van der Waals surface area contributed by atoms with Crippen molar-refractivity contribution in [2.24, 2.45) is 5.92 Å². The Kier molecular flexibility index (Phi) is 8.51. The van der Waals surface area contributed by atoms with Crippen LogP contribution in [-0.2, 0) is 18.6 Å². The van der Waals surface area contributed by atoms with E-state index in [0.717, 1.165) is 21.7 Å². The molecule has 0 bridgehead atoms. The van der Waals surface area contributed by atoms with Gasteiger partial charge in [0.05, 0.1) is 36.3 Å². The number of thioether (sulfide) groups is 1. The van der Waals surface area contributed by atoms with Crippen molar-refractivity contribution in [1.29, 1.82) is 0 Å². The molecule has 1 aliphatic rings. The van der Waals surface area contributed by atoms with Gasteiger partial charge in [-0.3, -0.25) is 13.9 Å². The van der Waals surface area contributed by atoms with Crippen LogP contribution in [0.4, 0.5) is 10.2 Å². The summed E-state index contributed by atoms with van der Waals surface area (Å²) in [6.07, 6.45) is -1.28. The summed E-state index contributed by atoms with van der Waals surface area (Å²) in [4.78, 5) is 28.2. The van der Waals surface area contributed by atoms with Crippen molar-refractivity contribution in [1.82, 2.24) is 9.55 Å². The molecule has 0 saturated carbocycles. The molecule has 3 aromatic rings. The molecule has 1 aromatic carbocycles. The van der Waals surface area contributed by atoms with Crippen molar-refractivity contribution in [2.75, 3.05) is 18.5 Å². The van der Waals surface area contributed by atoms with E-state index in [1.807, 2.05) is 0 Å². The highest BCUT2D eigenvalue weighted by Crippen LogP contribution is 2.52. The topological polar surface area (TPSA) is 156 Å². The largest absolute Gasteiger partial charge is 0.464 e. The highest BCUT2D eigenvalue weighted by Gasteiger charge is 2.46. The summed E-state index contributed by atoms with van der Waals surface area (Å²) in [5.41, 5.74) is 5.24. The molecule has 0 amide bonds. The Morgan fingerprint density at radius 2 is 2.08 bits per heavy atom.